The Balaban J connectivity index is 1.58. The van der Waals surface area contributed by atoms with E-state index in [0.29, 0.717) is 28.6 Å². The highest BCUT2D eigenvalue weighted by Crippen LogP contribution is 2.20. The molecule has 0 bridgehead atoms. The van der Waals surface area contributed by atoms with Gasteiger partial charge in [-0.15, -0.1) is 0 Å². The lowest BCUT2D eigenvalue weighted by Gasteiger charge is -2.09. The number of methoxy groups -OCH3 is 1. The summed E-state index contributed by atoms with van der Waals surface area (Å²) in [7, 11) is -2.19. The third kappa shape index (κ3) is 6.60. The monoisotopic (exact) mass is 456 g/mol. The van der Waals surface area contributed by atoms with Crippen molar-refractivity contribution in [2.75, 3.05) is 11.8 Å². The van der Waals surface area contributed by atoms with Crippen LogP contribution in [-0.4, -0.2) is 21.4 Å². The highest BCUT2D eigenvalue weighted by molar-refractivity contribution is 7.92. The van der Waals surface area contributed by atoms with Crippen molar-refractivity contribution in [2.24, 2.45) is 0 Å². The molecule has 3 aromatic carbocycles. The van der Waals surface area contributed by atoms with Gasteiger partial charge in [-0.05, 0) is 65.7 Å². The highest BCUT2D eigenvalue weighted by Gasteiger charge is 2.13. The van der Waals surface area contributed by atoms with Gasteiger partial charge >= 0.3 is 0 Å². The summed E-state index contributed by atoms with van der Waals surface area (Å²) in [4.78, 5) is 12.1. The molecule has 0 aliphatic heterocycles. The lowest BCUT2D eigenvalue weighted by Crippen LogP contribution is -2.20. The molecular weight excluding hydrogens is 436 g/mol. The first-order valence-corrected chi connectivity index (χ1v) is 11.2. The van der Waals surface area contributed by atoms with Gasteiger partial charge in [-0.25, -0.2) is 8.42 Å². The largest absolute Gasteiger partial charge is 0.497 e. The number of sulfonamides is 1. The Morgan fingerprint density at radius 3 is 2.39 bits per heavy atom. The van der Waals surface area contributed by atoms with Crippen molar-refractivity contribution in [2.45, 2.75) is 11.4 Å². The number of ether oxygens (including phenoxy) is 1. The molecule has 0 atom stereocenters. The second-order valence-corrected chi connectivity index (χ2v) is 8.70. The zero-order valence-corrected chi connectivity index (χ0v) is 18.3. The Bertz CT molecular complexity index is 1170. The molecule has 1 amide bonds. The molecule has 0 unspecified atom stereocenters. The van der Waals surface area contributed by atoms with Gasteiger partial charge in [-0.1, -0.05) is 35.9 Å². The minimum atomic E-state index is -3.73. The number of hydrogen-bond acceptors (Lipinski definition) is 4. The second kappa shape index (κ2) is 10.1. The number of rotatable bonds is 8. The van der Waals surface area contributed by atoms with Crippen LogP contribution in [0.25, 0.3) is 6.08 Å². The third-order valence-corrected chi connectivity index (χ3v) is 5.95. The van der Waals surface area contributed by atoms with E-state index in [1.54, 1.807) is 54.6 Å². The third-order valence-electron chi connectivity index (χ3n) is 4.32. The number of hydrogen-bond donors (Lipinski definition) is 2. The Kier molecular flexibility index (Phi) is 7.33. The zero-order chi connectivity index (χ0) is 22.3. The van der Waals surface area contributed by atoms with Crippen LogP contribution in [0.15, 0.2) is 83.8 Å². The van der Waals surface area contributed by atoms with E-state index >= 15 is 0 Å². The van der Waals surface area contributed by atoms with Crippen molar-refractivity contribution >= 4 is 39.3 Å². The standard InChI is InChI=1S/C23H21ClN2O4S/c1-30-21-10-8-20(9-11-21)26-31(28,29)22-12-5-17(6-13-22)7-14-23(27)25-16-18-3-2-4-19(24)15-18/h2-15,26H,16H2,1H3,(H,25,27)/b14-7+. The number of amides is 1. The highest BCUT2D eigenvalue weighted by atomic mass is 35.5. The van der Waals surface area contributed by atoms with E-state index < -0.39 is 10.0 Å². The van der Waals surface area contributed by atoms with Crippen LogP contribution >= 0.6 is 11.6 Å². The molecule has 0 radical (unpaired) electrons. The van der Waals surface area contributed by atoms with Crippen LogP contribution in [0.3, 0.4) is 0 Å². The smallest absolute Gasteiger partial charge is 0.261 e. The molecule has 0 aromatic heterocycles. The van der Waals surface area contributed by atoms with Gasteiger partial charge in [0.15, 0.2) is 0 Å². The lowest BCUT2D eigenvalue weighted by molar-refractivity contribution is -0.116. The number of carbonyl (C=O) groups is 1. The van der Waals surface area contributed by atoms with Gasteiger partial charge in [0.1, 0.15) is 5.75 Å². The van der Waals surface area contributed by atoms with Gasteiger partial charge in [-0.2, -0.15) is 0 Å². The van der Waals surface area contributed by atoms with E-state index in [9.17, 15) is 13.2 Å². The Morgan fingerprint density at radius 2 is 1.74 bits per heavy atom. The number of benzene rings is 3. The average Bonchev–Trinajstić information content (AvgIpc) is 2.77. The molecular formula is C23H21ClN2O4S. The summed E-state index contributed by atoms with van der Waals surface area (Å²) >= 11 is 5.92. The van der Waals surface area contributed by atoms with Crippen LogP contribution in [0.2, 0.25) is 5.02 Å². The van der Waals surface area contributed by atoms with E-state index in [1.165, 1.54) is 25.3 Å². The maximum absolute atomic E-state index is 12.5. The molecule has 160 valence electrons. The number of halogens is 1. The van der Waals surface area contributed by atoms with Crippen molar-refractivity contribution in [3.63, 3.8) is 0 Å². The van der Waals surface area contributed by atoms with Crippen molar-refractivity contribution in [3.8, 4) is 5.75 Å². The average molecular weight is 457 g/mol. The molecule has 0 aliphatic carbocycles. The summed E-state index contributed by atoms with van der Waals surface area (Å²) in [5.74, 6) is 0.369. The molecule has 3 aromatic rings. The summed E-state index contributed by atoms with van der Waals surface area (Å²) in [6, 6.07) is 20.0. The van der Waals surface area contributed by atoms with Crippen molar-refractivity contribution in [1.29, 1.82) is 0 Å². The van der Waals surface area contributed by atoms with Gasteiger partial charge in [-0.3, -0.25) is 9.52 Å². The first-order chi connectivity index (χ1) is 14.9. The molecule has 0 aliphatic rings. The van der Waals surface area contributed by atoms with E-state index in [-0.39, 0.29) is 10.8 Å². The van der Waals surface area contributed by atoms with Crippen LogP contribution < -0.4 is 14.8 Å². The van der Waals surface area contributed by atoms with Gasteiger partial charge < -0.3 is 10.1 Å². The summed E-state index contributed by atoms with van der Waals surface area (Å²) in [6.07, 6.45) is 3.00. The van der Waals surface area contributed by atoms with Crippen molar-refractivity contribution in [3.05, 3.63) is 95.0 Å². The maximum Gasteiger partial charge on any atom is 0.261 e. The van der Waals surface area contributed by atoms with Gasteiger partial charge in [0.2, 0.25) is 5.91 Å². The minimum absolute atomic E-state index is 0.117. The number of carbonyl (C=O) groups excluding carboxylic acids is 1. The van der Waals surface area contributed by atoms with Crippen LogP contribution in [0.4, 0.5) is 5.69 Å². The molecule has 0 saturated heterocycles. The fraction of sp³-hybridized carbons (Fsp3) is 0.0870. The molecule has 0 saturated carbocycles. The van der Waals surface area contributed by atoms with Crippen LogP contribution in [-0.2, 0) is 21.4 Å². The summed E-state index contributed by atoms with van der Waals surface area (Å²) in [6.45, 7) is 0.359. The van der Waals surface area contributed by atoms with Gasteiger partial charge in [0.05, 0.1) is 12.0 Å². The van der Waals surface area contributed by atoms with E-state index in [2.05, 4.69) is 10.0 Å². The SMILES string of the molecule is COc1ccc(NS(=O)(=O)c2ccc(/C=C/C(=O)NCc3cccc(Cl)c3)cc2)cc1. The number of nitrogens with one attached hydrogen (secondary N) is 2. The molecule has 3 rings (SSSR count). The van der Waals surface area contributed by atoms with Crippen LogP contribution in [0.5, 0.6) is 5.75 Å². The Labute approximate surface area is 186 Å². The minimum Gasteiger partial charge on any atom is -0.497 e. The van der Waals surface area contributed by atoms with Crippen LogP contribution in [0, 0.1) is 0 Å². The Morgan fingerprint density at radius 1 is 1.03 bits per heavy atom. The lowest BCUT2D eigenvalue weighted by atomic mass is 10.2. The van der Waals surface area contributed by atoms with Crippen molar-refractivity contribution in [1.82, 2.24) is 5.32 Å². The fourth-order valence-corrected chi connectivity index (χ4v) is 3.97. The summed E-state index contributed by atoms with van der Waals surface area (Å²) in [5.41, 5.74) is 2.02. The normalized spacial score (nSPS) is 11.3. The topological polar surface area (TPSA) is 84.5 Å². The maximum atomic E-state index is 12.5. The summed E-state index contributed by atoms with van der Waals surface area (Å²) in [5, 5.41) is 3.38. The molecule has 8 heteroatoms. The predicted octanol–water partition coefficient (Wildman–Crippen LogP) is 4.48. The van der Waals surface area contributed by atoms with Crippen LogP contribution in [0.1, 0.15) is 11.1 Å². The van der Waals surface area contributed by atoms with E-state index in [0.717, 1.165) is 5.56 Å². The number of anilines is 1. The first kappa shape index (κ1) is 22.4. The molecule has 0 heterocycles. The summed E-state index contributed by atoms with van der Waals surface area (Å²) < 4.78 is 32.7. The zero-order valence-electron chi connectivity index (χ0n) is 16.7. The molecule has 31 heavy (non-hydrogen) atoms. The molecule has 0 spiro atoms. The fourth-order valence-electron chi connectivity index (χ4n) is 2.70. The van der Waals surface area contributed by atoms with E-state index in [1.807, 2.05) is 12.1 Å². The first-order valence-electron chi connectivity index (χ1n) is 9.33. The Hall–Kier alpha value is -3.29. The predicted molar refractivity (Wildman–Crippen MR) is 123 cm³/mol. The van der Waals surface area contributed by atoms with Gasteiger partial charge in [0.25, 0.3) is 10.0 Å². The van der Waals surface area contributed by atoms with E-state index in [4.69, 9.17) is 16.3 Å². The molecule has 6 nitrogen and oxygen atoms in total. The van der Waals surface area contributed by atoms with Crippen molar-refractivity contribution < 1.29 is 17.9 Å². The molecule has 0 fully saturated rings. The van der Waals surface area contributed by atoms with Gasteiger partial charge in [0, 0.05) is 23.3 Å². The second-order valence-electron chi connectivity index (χ2n) is 6.58. The quantitative estimate of drug-likeness (QED) is 0.489. The molecule has 2 N–H and O–H groups in total.